The molecule has 0 unspecified atom stereocenters. The molecule has 2 heterocycles. The average molecular weight is 352 g/mol. The number of para-hydroxylation sites is 1. The number of likely N-dealkylation sites (tertiary alicyclic amines) is 1. The summed E-state index contributed by atoms with van der Waals surface area (Å²) in [6.07, 6.45) is 2.66. The highest BCUT2D eigenvalue weighted by molar-refractivity contribution is 5.85. The van der Waals surface area contributed by atoms with Gasteiger partial charge in [0.2, 0.25) is 5.88 Å². The number of aryl methyl sites for hydroxylation is 1. The molecule has 0 atom stereocenters. The highest BCUT2D eigenvalue weighted by atomic mass is 35.5. The van der Waals surface area contributed by atoms with Crippen LogP contribution in [0.4, 0.5) is 0 Å². The average Bonchev–Trinajstić information content (AvgIpc) is 2.52. The summed E-state index contributed by atoms with van der Waals surface area (Å²) < 4.78 is 5.90. The van der Waals surface area contributed by atoms with Crippen LogP contribution in [0, 0.1) is 6.92 Å². The third-order valence-electron chi connectivity index (χ3n) is 4.47. The topological polar surface area (TPSA) is 58.5 Å². The minimum absolute atomic E-state index is 0. The zero-order valence-electron chi connectivity index (χ0n) is 14.4. The second kappa shape index (κ2) is 8.10. The number of ether oxygens (including phenoxy) is 1. The van der Waals surface area contributed by atoms with Crippen molar-refractivity contribution in [1.82, 2.24) is 14.9 Å². The Morgan fingerprint density at radius 2 is 1.92 bits per heavy atom. The zero-order chi connectivity index (χ0) is 16.3. The van der Waals surface area contributed by atoms with E-state index in [0.29, 0.717) is 12.5 Å². The third kappa shape index (κ3) is 4.79. The van der Waals surface area contributed by atoms with Crippen molar-refractivity contribution in [2.24, 2.45) is 0 Å². The van der Waals surface area contributed by atoms with Crippen LogP contribution in [-0.2, 0) is 0 Å². The van der Waals surface area contributed by atoms with Crippen LogP contribution in [0.1, 0.15) is 32.0 Å². The summed E-state index contributed by atoms with van der Waals surface area (Å²) in [5.74, 6) is 1.41. The van der Waals surface area contributed by atoms with Crippen LogP contribution >= 0.6 is 12.4 Å². The van der Waals surface area contributed by atoms with E-state index in [2.05, 4.69) is 14.9 Å². The molecular weight excluding hydrogens is 326 g/mol. The number of fused-ring (bicyclic) bond motifs is 1. The van der Waals surface area contributed by atoms with Crippen molar-refractivity contribution >= 4 is 23.3 Å². The lowest BCUT2D eigenvalue weighted by Gasteiger charge is -2.35. The fourth-order valence-corrected chi connectivity index (χ4v) is 2.98. The van der Waals surface area contributed by atoms with Crippen molar-refractivity contribution in [2.45, 2.75) is 38.7 Å². The Bertz CT molecular complexity index is 668. The number of hydrogen-bond donors (Lipinski definition) is 1. The van der Waals surface area contributed by atoms with Gasteiger partial charge in [0.1, 0.15) is 5.82 Å². The van der Waals surface area contributed by atoms with E-state index in [9.17, 15) is 5.11 Å². The predicted molar refractivity (Wildman–Crippen MR) is 97.9 cm³/mol. The molecule has 1 fully saturated rings. The Kier molecular flexibility index (Phi) is 6.38. The Hall–Kier alpha value is -1.43. The normalized spacial score (nSPS) is 17.5. The van der Waals surface area contributed by atoms with Crippen LogP contribution in [0.2, 0.25) is 0 Å². The van der Waals surface area contributed by atoms with E-state index in [-0.39, 0.29) is 12.4 Å². The van der Waals surface area contributed by atoms with E-state index in [1.54, 1.807) is 0 Å². The number of rotatable bonds is 5. The zero-order valence-corrected chi connectivity index (χ0v) is 15.2. The molecule has 0 amide bonds. The fourth-order valence-electron chi connectivity index (χ4n) is 2.98. The van der Waals surface area contributed by atoms with Gasteiger partial charge in [-0.1, -0.05) is 12.1 Å². The number of benzene rings is 1. The molecule has 132 valence electrons. The molecule has 1 N–H and O–H groups in total. The highest BCUT2D eigenvalue weighted by Crippen LogP contribution is 2.23. The monoisotopic (exact) mass is 351 g/mol. The first kappa shape index (κ1) is 18.9. The number of nitrogens with zero attached hydrogens (tertiary/aromatic N) is 3. The molecule has 0 radical (unpaired) electrons. The van der Waals surface area contributed by atoms with Crippen molar-refractivity contribution in [1.29, 1.82) is 0 Å². The third-order valence-corrected chi connectivity index (χ3v) is 4.47. The molecule has 3 rings (SSSR count). The molecule has 0 saturated carbocycles. The summed E-state index contributed by atoms with van der Waals surface area (Å²) in [4.78, 5) is 11.2. The number of hydrogen-bond acceptors (Lipinski definition) is 5. The van der Waals surface area contributed by atoms with Crippen LogP contribution in [0.3, 0.4) is 0 Å². The lowest BCUT2D eigenvalue weighted by Crippen LogP contribution is -2.42. The van der Waals surface area contributed by atoms with Crippen LogP contribution in [-0.4, -0.2) is 51.8 Å². The summed E-state index contributed by atoms with van der Waals surface area (Å²) >= 11 is 0. The molecule has 1 aliphatic rings. The fraction of sp³-hybridized carbons (Fsp3) is 0.556. The van der Waals surface area contributed by atoms with E-state index in [1.807, 2.05) is 38.1 Å². The Morgan fingerprint density at radius 1 is 1.21 bits per heavy atom. The number of aromatic nitrogens is 2. The summed E-state index contributed by atoms with van der Waals surface area (Å²) in [5.41, 5.74) is 0.443. The quantitative estimate of drug-likeness (QED) is 0.839. The standard InChI is InChI=1S/C18H25N3O2.ClH/c1-14-19-16-7-4-3-6-15(16)17(20-14)23-13-5-10-21-11-8-18(2,22)9-12-21;/h3-4,6-7,22H,5,8-13H2,1-2H3;1H. The molecule has 5 nitrogen and oxygen atoms in total. The Morgan fingerprint density at radius 3 is 2.67 bits per heavy atom. The van der Waals surface area contributed by atoms with Gasteiger partial charge in [-0.3, -0.25) is 0 Å². The smallest absolute Gasteiger partial charge is 0.224 e. The Labute approximate surface area is 149 Å². The van der Waals surface area contributed by atoms with Crippen molar-refractivity contribution in [3.05, 3.63) is 30.1 Å². The number of aliphatic hydroxyl groups is 1. The van der Waals surface area contributed by atoms with Crippen molar-refractivity contribution in [3.8, 4) is 5.88 Å². The van der Waals surface area contributed by atoms with Gasteiger partial charge in [0.15, 0.2) is 0 Å². The molecule has 1 aromatic heterocycles. The first-order valence-electron chi connectivity index (χ1n) is 8.34. The van der Waals surface area contributed by atoms with Crippen LogP contribution in [0.25, 0.3) is 10.9 Å². The molecule has 1 aliphatic heterocycles. The molecule has 0 spiro atoms. The van der Waals surface area contributed by atoms with Crippen LogP contribution in [0.15, 0.2) is 24.3 Å². The van der Waals surface area contributed by atoms with Gasteiger partial charge >= 0.3 is 0 Å². The van der Waals surface area contributed by atoms with Gasteiger partial charge in [0.25, 0.3) is 0 Å². The molecule has 1 saturated heterocycles. The molecule has 1 aromatic carbocycles. The summed E-state index contributed by atoms with van der Waals surface area (Å²) in [7, 11) is 0. The van der Waals surface area contributed by atoms with Crippen LogP contribution < -0.4 is 4.74 Å². The second-order valence-corrected chi connectivity index (χ2v) is 6.63. The molecular formula is C18H26ClN3O2. The van der Waals surface area contributed by atoms with E-state index in [4.69, 9.17) is 4.74 Å². The van der Waals surface area contributed by atoms with Gasteiger partial charge in [-0.05, 0) is 45.2 Å². The second-order valence-electron chi connectivity index (χ2n) is 6.63. The molecule has 2 aromatic rings. The maximum atomic E-state index is 9.97. The van der Waals surface area contributed by atoms with E-state index in [1.165, 1.54) is 0 Å². The minimum atomic E-state index is -0.482. The lowest BCUT2D eigenvalue weighted by molar-refractivity contribution is -0.00604. The number of piperidine rings is 1. The van der Waals surface area contributed by atoms with Crippen molar-refractivity contribution in [3.63, 3.8) is 0 Å². The molecule has 24 heavy (non-hydrogen) atoms. The van der Waals surface area contributed by atoms with E-state index < -0.39 is 5.60 Å². The first-order valence-corrected chi connectivity index (χ1v) is 8.34. The molecule has 6 heteroatoms. The van der Waals surface area contributed by atoms with Gasteiger partial charge in [0, 0.05) is 19.6 Å². The Balaban J connectivity index is 0.00000208. The van der Waals surface area contributed by atoms with Gasteiger partial charge in [0.05, 0.1) is 23.1 Å². The van der Waals surface area contributed by atoms with E-state index in [0.717, 1.165) is 55.6 Å². The summed E-state index contributed by atoms with van der Waals surface area (Å²) in [6.45, 7) is 7.38. The molecule has 0 aliphatic carbocycles. The number of halogens is 1. The van der Waals surface area contributed by atoms with E-state index >= 15 is 0 Å². The lowest BCUT2D eigenvalue weighted by atomic mass is 9.94. The van der Waals surface area contributed by atoms with Crippen molar-refractivity contribution in [2.75, 3.05) is 26.2 Å². The van der Waals surface area contributed by atoms with Gasteiger partial charge in [-0.25, -0.2) is 4.98 Å². The van der Waals surface area contributed by atoms with Crippen LogP contribution in [0.5, 0.6) is 5.88 Å². The summed E-state index contributed by atoms with van der Waals surface area (Å²) in [6, 6.07) is 7.94. The molecule has 0 bridgehead atoms. The van der Waals surface area contributed by atoms with Gasteiger partial charge < -0.3 is 14.7 Å². The van der Waals surface area contributed by atoms with Gasteiger partial charge in [-0.2, -0.15) is 4.98 Å². The minimum Gasteiger partial charge on any atom is -0.477 e. The summed E-state index contributed by atoms with van der Waals surface area (Å²) in [5, 5.41) is 10.9. The maximum absolute atomic E-state index is 9.97. The largest absolute Gasteiger partial charge is 0.477 e. The highest BCUT2D eigenvalue weighted by Gasteiger charge is 2.26. The van der Waals surface area contributed by atoms with Crippen molar-refractivity contribution < 1.29 is 9.84 Å². The SMILES string of the molecule is Cc1nc(OCCCN2CCC(C)(O)CC2)c2ccccc2n1.Cl. The first-order chi connectivity index (χ1) is 11.0. The maximum Gasteiger partial charge on any atom is 0.224 e. The predicted octanol–water partition coefficient (Wildman–Crippen LogP) is 2.98. The van der Waals surface area contributed by atoms with Gasteiger partial charge in [-0.15, -0.1) is 12.4 Å².